The molecule has 1 aromatic carbocycles. The van der Waals surface area contributed by atoms with Gasteiger partial charge in [0.2, 0.25) is 5.91 Å². The Labute approximate surface area is 103 Å². The minimum Gasteiger partial charge on any atom is -0.396 e. The Balaban J connectivity index is 2.28. The van der Waals surface area contributed by atoms with Gasteiger partial charge < -0.3 is 10.4 Å². The molecule has 0 radical (unpaired) electrons. The zero-order valence-corrected chi connectivity index (χ0v) is 10.6. The molecule has 1 aromatic rings. The van der Waals surface area contributed by atoms with Crippen LogP contribution in [-0.2, 0) is 11.2 Å². The van der Waals surface area contributed by atoms with Crippen LogP contribution in [-0.4, -0.2) is 24.2 Å². The maximum Gasteiger partial charge on any atom is 0.220 e. The molecule has 1 unspecified atom stereocenters. The number of aryl methyl sites for hydroxylation is 2. The average molecular weight is 235 g/mol. The van der Waals surface area contributed by atoms with Crippen molar-refractivity contribution in [3.05, 3.63) is 35.4 Å². The van der Waals surface area contributed by atoms with Gasteiger partial charge >= 0.3 is 0 Å². The van der Waals surface area contributed by atoms with Crippen molar-refractivity contribution >= 4 is 5.91 Å². The normalized spacial score (nSPS) is 12.2. The Kier molecular flexibility index (Phi) is 5.70. The lowest BCUT2D eigenvalue weighted by Gasteiger charge is -2.09. The zero-order chi connectivity index (χ0) is 12.7. The first-order valence-corrected chi connectivity index (χ1v) is 6.05. The summed E-state index contributed by atoms with van der Waals surface area (Å²) >= 11 is 0. The van der Waals surface area contributed by atoms with Crippen LogP contribution < -0.4 is 5.32 Å². The van der Waals surface area contributed by atoms with Crippen molar-refractivity contribution in [2.45, 2.75) is 26.7 Å². The number of benzene rings is 1. The molecule has 0 bridgehead atoms. The minimum atomic E-state index is 0.0480. The second-order valence-electron chi connectivity index (χ2n) is 4.58. The number of carbonyl (C=O) groups excluding carboxylic acids is 1. The summed E-state index contributed by atoms with van der Waals surface area (Å²) in [7, 11) is 0. The molecule has 0 spiro atoms. The number of hydrogen-bond donors (Lipinski definition) is 2. The van der Waals surface area contributed by atoms with E-state index >= 15 is 0 Å². The fourth-order valence-corrected chi connectivity index (χ4v) is 1.57. The number of rotatable bonds is 6. The monoisotopic (exact) mass is 235 g/mol. The quantitative estimate of drug-likeness (QED) is 0.788. The van der Waals surface area contributed by atoms with Gasteiger partial charge in [-0.15, -0.1) is 0 Å². The number of aliphatic hydroxyl groups is 1. The third kappa shape index (κ3) is 5.50. The Morgan fingerprint density at radius 3 is 2.88 bits per heavy atom. The molecule has 0 aliphatic carbocycles. The molecule has 0 aromatic heterocycles. The maximum absolute atomic E-state index is 11.5. The van der Waals surface area contributed by atoms with Crippen LogP contribution in [0.4, 0.5) is 0 Å². The summed E-state index contributed by atoms with van der Waals surface area (Å²) in [6.45, 7) is 4.61. The summed E-state index contributed by atoms with van der Waals surface area (Å²) in [5, 5.41) is 11.7. The van der Waals surface area contributed by atoms with Crippen LogP contribution in [0.1, 0.15) is 24.5 Å². The summed E-state index contributed by atoms with van der Waals surface area (Å²) < 4.78 is 0. The highest BCUT2D eigenvalue weighted by atomic mass is 16.3. The van der Waals surface area contributed by atoms with Gasteiger partial charge in [-0.3, -0.25) is 4.79 Å². The van der Waals surface area contributed by atoms with Gasteiger partial charge in [-0.05, 0) is 24.8 Å². The highest BCUT2D eigenvalue weighted by Crippen LogP contribution is 2.06. The smallest absolute Gasteiger partial charge is 0.220 e. The molecule has 0 saturated heterocycles. The van der Waals surface area contributed by atoms with Gasteiger partial charge in [0.15, 0.2) is 0 Å². The van der Waals surface area contributed by atoms with Gasteiger partial charge in [-0.25, -0.2) is 0 Å². The van der Waals surface area contributed by atoms with E-state index in [0.717, 1.165) is 6.42 Å². The highest BCUT2D eigenvalue weighted by Gasteiger charge is 2.04. The van der Waals surface area contributed by atoms with Crippen molar-refractivity contribution in [2.75, 3.05) is 13.2 Å². The average Bonchev–Trinajstić information content (AvgIpc) is 2.33. The van der Waals surface area contributed by atoms with Crippen LogP contribution in [0.2, 0.25) is 0 Å². The topological polar surface area (TPSA) is 49.3 Å². The van der Waals surface area contributed by atoms with Crippen molar-refractivity contribution in [3.63, 3.8) is 0 Å². The van der Waals surface area contributed by atoms with Crippen LogP contribution in [0.3, 0.4) is 0 Å². The van der Waals surface area contributed by atoms with E-state index in [2.05, 4.69) is 11.4 Å². The first-order chi connectivity index (χ1) is 8.11. The first-order valence-electron chi connectivity index (χ1n) is 6.05. The molecule has 3 heteroatoms. The van der Waals surface area contributed by atoms with Crippen molar-refractivity contribution in [1.29, 1.82) is 0 Å². The van der Waals surface area contributed by atoms with Gasteiger partial charge in [0.1, 0.15) is 0 Å². The van der Waals surface area contributed by atoms with Gasteiger partial charge in [0.25, 0.3) is 0 Å². The van der Waals surface area contributed by atoms with Gasteiger partial charge in [-0.1, -0.05) is 36.8 Å². The fourth-order valence-electron chi connectivity index (χ4n) is 1.57. The van der Waals surface area contributed by atoms with Crippen molar-refractivity contribution in [1.82, 2.24) is 5.32 Å². The van der Waals surface area contributed by atoms with E-state index in [1.807, 2.05) is 32.0 Å². The van der Waals surface area contributed by atoms with E-state index in [1.165, 1.54) is 11.1 Å². The summed E-state index contributed by atoms with van der Waals surface area (Å²) in [5.41, 5.74) is 2.41. The Morgan fingerprint density at radius 1 is 1.47 bits per heavy atom. The lowest BCUT2D eigenvalue weighted by Crippen LogP contribution is -2.29. The summed E-state index contributed by atoms with van der Waals surface area (Å²) in [4.78, 5) is 11.5. The zero-order valence-electron chi connectivity index (χ0n) is 10.6. The van der Waals surface area contributed by atoms with Crippen LogP contribution in [0.5, 0.6) is 0 Å². The molecular weight excluding hydrogens is 214 g/mol. The molecule has 0 saturated carbocycles. The minimum absolute atomic E-state index is 0.0480. The number of carbonyl (C=O) groups is 1. The van der Waals surface area contributed by atoms with E-state index in [0.29, 0.717) is 13.0 Å². The summed E-state index contributed by atoms with van der Waals surface area (Å²) in [6, 6.07) is 8.20. The fraction of sp³-hybridized carbons (Fsp3) is 0.500. The molecule has 17 heavy (non-hydrogen) atoms. The SMILES string of the molecule is Cc1cccc(CCC(=O)NCC(C)CO)c1. The third-order valence-electron chi connectivity index (χ3n) is 2.68. The van der Waals surface area contributed by atoms with Crippen LogP contribution in [0, 0.1) is 12.8 Å². The Morgan fingerprint density at radius 2 is 2.24 bits per heavy atom. The predicted octanol–water partition coefficient (Wildman–Crippen LogP) is 1.67. The molecule has 0 aliphatic rings. The van der Waals surface area contributed by atoms with Gasteiger partial charge in [-0.2, -0.15) is 0 Å². The molecule has 1 rings (SSSR count). The Hall–Kier alpha value is -1.35. The molecule has 94 valence electrons. The molecule has 2 N–H and O–H groups in total. The van der Waals surface area contributed by atoms with Crippen molar-refractivity contribution in [3.8, 4) is 0 Å². The van der Waals surface area contributed by atoms with E-state index in [-0.39, 0.29) is 18.4 Å². The highest BCUT2D eigenvalue weighted by molar-refractivity contribution is 5.76. The van der Waals surface area contributed by atoms with Crippen molar-refractivity contribution < 1.29 is 9.90 Å². The third-order valence-corrected chi connectivity index (χ3v) is 2.68. The lowest BCUT2D eigenvalue weighted by atomic mass is 10.1. The van der Waals surface area contributed by atoms with Crippen LogP contribution >= 0.6 is 0 Å². The first kappa shape index (κ1) is 13.7. The standard InChI is InChI=1S/C14H21NO2/c1-11-4-3-5-13(8-11)6-7-14(17)15-9-12(2)10-16/h3-5,8,12,16H,6-7,9-10H2,1-2H3,(H,15,17). The maximum atomic E-state index is 11.5. The van der Waals surface area contributed by atoms with Crippen LogP contribution in [0.25, 0.3) is 0 Å². The van der Waals surface area contributed by atoms with Crippen molar-refractivity contribution in [2.24, 2.45) is 5.92 Å². The Bertz CT molecular complexity index is 363. The second-order valence-corrected chi connectivity index (χ2v) is 4.58. The molecule has 3 nitrogen and oxygen atoms in total. The van der Waals surface area contributed by atoms with E-state index in [4.69, 9.17) is 5.11 Å². The predicted molar refractivity (Wildman–Crippen MR) is 68.8 cm³/mol. The van der Waals surface area contributed by atoms with Gasteiger partial charge in [0, 0.05) is 19.6 Å². The molecule has 0 fully saturated rings. The van der Waals surface area contributed by atoms with Crippen LogP contribution in [0.15, 0.2) is 24.3 Å². The molecule has 1 amide bonds. The van der Waals surface area contributed by atoms with Gasteiger partial charge in [0.05, 0.1) is 0 Å². The van der Waals surface area contributed by atoms with E-state index in [1.54, 1.807) is 0 Å². The number of aliphatic hydroxyl groups excluding tert-OH is 1. The van der Waals surface area contributed by atoms with E-state index < -0.39 is 0 Å². The summed E-state index contributed by atoms with van der Waals surface area (Å²) in [5.74, 6) is 0.171. The molecular formula is C14H21NO2. The molecule has 0 aliphatic heterocycles. The summed E-state index contributed by atoms with van der Waals surface area (Å²) in [6.07, 6.45) is 1.27. The molecule has 1 atom stereocenters. The number of hydrogen-bond acceptors (Lipinski definition) is 2. The van der Waals surface area contributed by atoms with E-state index in [9.17, 15) is 4.79 Å². The molecule has 0 heterocycles. The number of nitrogens with one attached hydrogen (secondary N) is 1. The second kappa shape index (κ2) is 7.07. The number of amides is 1. The lowest BCUT2D eigenvalue weighted by molar-refractivity contribution is -0.121. The largest absolute Gasteiger partial charge is 0.396 e.